The molecule has 0 atom stereocenters. The van der Waals surface area contributed by atoms with Gasteiger partial charge in [0.25, 0.3) is 0 Å². The van der Waals surface area contributed by atoms with Gasteiger partial charge in [-0.3, -0.25) is 4.79 Å². The molecule has 0 radical (unpaired) electrons. The highest BCUT2D eigenvalue weighted by Crippen LogP contribution is 2.28. The molecule has 2 aromatic carbocycles. The third kappa shape index (κ3) is 4.06. The lowest BCUT2D eigenvalue weighted by Crippen LogP contribution is -2.40. The number of ketones is 1. The summed E-state index contributed by atoms with van der Waals surface area (Å²) in [6.07, 6.45) is 1.09. The molecule has 2 aromatic rings. The third-order valence-corrected chi connectivity index (χ3v) is 7.06. The van der Waals surface area contributed by atoms with Crippen molar-refractivity contribution in [2.75, 3.05) is 20.2 Å². The maximum Gasteiger partial charge on any atom is 0.243 e. The number of hydrogen-bond acceptors (Lipinski definition) is 4. The molecule has 0 N–H and O–H groups in total. The second kappa shape index (κ2) is 7.82. The van der Waals surface area contributed by atoms with E-state index in [2.05, 4.69) is 0 Å². The molecule has 0 aromatic heterocycles. The van der Waals surface area contributed by atoms with Crippen LogP contribution in [0.2, 0.25) is 0 Å². The van der Waals surface area contributed by atoms with Crippen molar-refractivity contribution in [3.8, 4) is 5.75 Å². The second-order valence-corrected chi connectivity index (χ2v) is 8.98. The van der Waals surface area contributed by atoms with E-state index in [0.717, 1.165) is 11.1 Å². The highest BCUT2D eigenvalue weighted by Gasteiger charge is 2.32. The van der Waals surface area contributed by atoms with Gasteiger partial charge in [-0.15, -0.1) is 0 Å². The molecule has 1 aliphatic heterocycles. The monoisotopic (exact) mass is 387 g/mol. The Hall–Kier alpha value is -2.18. The minimum atomic E-state index is -3.56. The van der Waals surface area contributed by atoms with Gasteiger partial charge >= 0.3 is 0 Å². The van der Waals surface area contributed by atoms with Gasteiger partial charge in [-0.2, -0.15) is 4.31 Å². The second-order valence-electron chi connectivity index (χ2n) is 7.04. The molecule has 6 heteroatoms. The van der Waals surface area contributed by atoms with Crippen LogP contribution in [0.25, 0.3) is 0 Å². The number of sulfonamides is 1. The van der Waals surface area contributed by atoms with Crippen molar-refractivity contribution < 1.29 is 17.9 Å². The zero-order valence-corrected chi connectivity index (χ0v) is 16.8. The first-order chi connectivity index (χ1) is 12.8. The standard InChI is InChI=1S/C21H25NO4S/c1-15-4-6-17(7-5-15)21(23)18-10-12-22(13-11-18)27(24,25)19-8-9-20(26-3)16(2)14-19/h4-9,14,18H,10-13H2,1-3H3. The highest BCUT2D eigenvalue weighted by atomic mass is 32.2. The zero-order valence-electron chi connectivity index (χ0n) is 15.9. The van der Waals surface area contributed by atoms with Gasteiger partial charge in [0.2, 0.25) is 10.0 Å². The zero-order chi connectivity index (χ0) is 19.6. The number of ether oxygens (including phenoxy) is 1. The first-order valence-electron chi connectivity index (χ1n) is 9.08. The molecule has 1 saturated heterocycles. The number of aryl methyl sites for hydroxylation is 2. The van der Waals surface area contributed by atoms with Gasteiger partial charge in [-0.1, -0.05) is 29.8 Å². The predicted octanol–water partition coefficient (Wildman–Crippen LogP) is 3.60. The van der Waals surface area contributed by atoms with Crippen LogP contribution in [0.5, 0.6) is 5.75 Å². The molecule has 0 spiro atoms. The minimum Gasteiger partial charge on any atom is -0.496 e. The van der Waals surface area contributed by atoms with Crippen molar-refractivity contribution in [2.45, 2.75) is 31.6 Å². The number of nitrogens with zero attached hydrogens (tertiary/aromatic N) is 1. The number of piperidine rings is 1. The molecule has 1 aliphatic rings. The molecular formula is C21H25NO4S. The van der Waals surface area contributed by atoms with E-state index in [0.29, 0.717) is 37.2 Å². The molecule has 3 rings (SSSR count). The van der Waals surface area contributed by atoms with Crippen LogP contribution in [-0.4, -0.2) is 38.7 Å². The Morgan fingerprint density at radius 2 is 1.67 bits per heavy atom. The molecule has 27 heavy (non-hydrogen) atoms. The van der Waals surface area contributed by atoms with Crippen molar-refractivity contribution in [2.24, 2.45) is 5.92 Å². The van der Waals surface area contributed by atoms with Crippen LogP contribution in [0.4, 0.5) is 0 Å². The van der Waals surface area contributed by atoms with Gasteiger partial charge in [0, 0.05) is 24.6 Å². The van der Waals surface area contributed by atoms with Gasteiger partial charge in [0.05, 0.1) is 12.0 Å². The van der Waals surface area contributed by atoms with Crippen LogP contribution in [0.3, 0.4) is 0 Å². The van der Waals surface area contributed by atoms with Crippen molar-refractivity contribution >= 4 is 15.8 Å². The normalized spacial score (nSPS) is 16.3. The summed E-state index contributed by atoms with van der Waals surface area (Å²) in [4.78, 5) is 12.9. The van der Waals surface area contributed by atoms with E-state index in [-0.39, 0.29) is 16.6 Å². The Morgan fingerprint density at radius 1 is 1.04 bits per heavy atom. The van der Waals surface area contributed by atoms with Gasteiger partial charge in [-0.05, 0) is 50.5 Å². The number of Topliss-reactive ketones (excluding diaryl/α,β-unsaturated/α-hetero) is 1. The van der Waals surface area contributed by atoms with Gasteiger partial charge in [0.1, 0.15) is 5.75 Å². The van der Waals surface area contributed by atoms with Crippen LogP contribution in [0.1, 0.15) is 34.3 Å². The molecule has 0 bridgehead atoms. The number of benzene rings is 2. The molecule has 1 heterocycles. The molecule has 0 aliphatic carbocycles. The van der Waals surface area contributed by atoms with Crippen LogP contribution in [0, 0.1) is 19.8 Å². The number of methoxy groups -OCH3 is 1. The molecule has 0 saturated carbocycles. The summed E-state index contributed by atoms with van der Waals surface area (Å²) in [6.45, 7) is 4.52. The van der Waals surface area contributed by atoms with Crippen molar-refractivity contribution in [1.82, 2.24) is 4.31 Å². The van der Waals surface area contributed by atoms with Crippen molar-refractivity contribution in [3.05, 3.63) is 59.2 Å². The molecule has 0 unspecified atom stereocenters. The van der Waals surface area contributed by atoms with E-state index in [1.807, 2.05) is 38.1 Å². The largest absolute Gasteiger partial charge is 0.496 e. The number of rotatable bonds is 5. The van der Waals surface area contributed by atoms with Crippen molar-refractivity contribution in [1.29, 1.82) is 0 Å². The fourth-order valence-corrected chi connectivity index (χ4v) is 5.03. The third-order valence-electron chi connectivity index (χ3n) is 5.16. The number of hydrogen-bond donors (Lipinski definition) is 0. The average Bonchev–Trinajstić information content (AvgIpc) is 2.68. The first-order valence-corrected chi connectivity index (χ1v) is 10.5. The quantitative estimate of drug-likeness (QED) is 0.736. The fraction of sp³-hybridized carbons (Fsp3) is 0.381. The Morgan fingerprint density at radius 3 is 2.22 bits per heavy atom. The van der Waals surface area contributed by atoms with E-state index < -0.39 is 10.0 Å². The summed E-state index contributed by atoms with van der Waals surface area (Å²) in [5, 5.41) is 0. The Labute approximate surface area is 161 Å². The van der Waals surface area contributed by atoms with E-state index >= 15 is 0 Å². The van der Waals surface area contributed by atoms with E-state index in [4.69, 9.17) is 4.74 Å². The lowest BCUT2D eigenvalue weighted by molar-refractivity contribution is 0.0875. The average molecular weight is 388 g/mol. The van der Waals surface area contributed by atoms with Gasteiger partial charge < -0.3 is 4.74 Å². The van der Waals surface area contributed by atoms with Gasteiger partial charge in [0.15, 0.2) is 5.78 Å². The Kier molecular flexibility index (Phi) is 5.67. The summed E-state index contributed by atoms with van der Waals surface area (Å²) >= 11 is 0. The summed E-state index contributed by atoms with van der Waals surface area (Å²) < 4.78 is 32.5. The molecular weight excluding hydrogens is 362 g/mol. The van der Waals surface area contributed by atoms with Crippen LogP contribution in [0.15, 0.2) is 47.4 Å². The van der Waals surface area contributed by atoms with Gasteiger partial charge in [-0.25, -0.2) is 8.42 Å². The lowest BCUT2D eigenvalue weighted by Gasteiger charge is -2.30. The van der Waals surface area contributed by atoms with Crippen molar-refractivity contribution in [3.63, 3.8) is 0 Å². The van der Waals surface area contributed by atoms with E-state index in [9.17, 15) is 13.2 Å². The summed E-state index contributed by atoms with van der Waals surface area (Å²) in [5.41, 5.74) is 2.60. The smallest absolute Gasteiger partial charge is 0.243 e. The Bertz CT molecular complexity index is 927. The van der Waals surface area contributed by atoms with Crippen LogP contribution >= 0.6 is 0 Å². The Balaban J connectivity index is 1.70. The topological polar surface area (TPSA) is 63.7 Å². The number of carbonyl (C=O) groups is 1. The summed E-state index contributed by atoms with van der Waals surface area (Å²) in [5.74, 6) is 0.639. The van der Waals surface area contributed by atoms with Crippen LogP contribution < -0.4 is 4.74 Å². The van der Waals surface area contributed by atoms with Crippen LogP contribution in [-0.2, 0) is 10.0 Å². The lowest BCUT2D eigenvalue weighted by atomic mass is 9.89. The first kappa shape index (κ1) is 19.6. The molecule has 5 nitrogen and oxygen atoms in total. The fourth-order valence-electron chi connectivity index (χ4n) is 3.47. The maximum atomic E-state index is 12.9. The predicted molar refractivity (Wildman–Crippen MR) is 105 cm³/mol. The maximum absolute atomic E-state index is 12.9. The minimum absolute atomic E-state index is 0.104. The SMILES string of the molecule is COc1ccc(S(=O)(=O)N2CCC(C(=O)c3ccc(C)cc3)CC2)cc1C. The molecule has 1 fully saturated rings. The molecule has 144 valence electrons. The van der Waals surface area contributed by atoms with E-state index in [1.54, 1.807) is 25.3 Å². The number of carbonyl (C=O) groups excluding carboxylic acids is 1. The summed E-state index contributed by atoms with van der Waals surface area (Å²) in [6, 6.07) is 12.4. The highest BCUT2D eigenvalue weighted by molar-refractivity contribution is 7.89. The molecule has 0 amide bonds. The summed E-state index contributed by atoms with van der Waals surface area (Å²) in [7, 11) is -2.00. The van der Waals surface area contributed by atoms with E-state index in [1.165, 1.54) is 4.31 Å².